The minimum atomic E-state index is 0.706. The summed E-state index contributed by atoms with van der Waals surface area (Å²) >= 11 is 1.47. The zero-order chi connectivity index (χ0) is 22.6. The zero-order valence-corrected chi connectivity index (χ0v) is 20.7. The monoisotopic (exact) mass is 494 g/mol. The molecule has 0 aliphatic carbocycles. The van der Waals surface area contributed by atoms with E-state index in [0.29, 0.717) is 5.65 Å². The van der Waals surface area contributed by atoms with Crippen molar-refractivity contribution >= 4 is 38.2 Å². The van der Waals surface area contributed by atoms with Gasteiger partial charge in [-0.3, -0.25) is 4.98 Å². The summed E-state index contributed by atoms with van der Waals surface area (Å²) in [6, 6.07) is 22.6. The summed E-state index contributed by atoms with van der Waals surface area (Å²) in [7, 11) is 2.05. The first-order valence-electron chi connectivity index (χ1n) is 10.7. The van der Waals surface area contributed by atoms with Crippen LogP contribution in [0.1, 0.15) is 5.69 Å². The molecular formula is C26H23AsN6. The van der Waals surface area contributed by atoms with E-state index in [1.807, 2.05) is 61.9 Å². The summed E-state index contributed by atoms with van der Waals surface area (Å²) in [6.07, 6.45) is 6.17. The normalized spacial score (nSPS) is 11.0. The van der Waals surface area contributed by atoms with Crippen molar-refractivity contribution in [3.63, 3.8) is 0 Å². The number of pyridine rings is 3. The number of benzene rings is 1. The van der Waals surface area contributed by atoms with Gasteiger partial charge in [0.05, 0.1) is 0 Å². The second kappa shape index (κ2) is 9.47. The molecule has 5 aromatic rings. The Balaban J connectivity index is 1.46. The fraction of sp³-hybridized carbons (Fsp3) is 0.115. The molecule has 0 saturated heterocycles. The van der Waals surface area contributed by atoms with E-state index < -0.39 is 0 Å². The van der Waals surface area contributed by atoms with Gasteiger partial charge in [0.2, 0.25) is 0 Å². The second-order valence-corrected chi connectivity index (χ2v) is 8.92. The van der Waals surface area contributed by atoms with E-state index in [2.05, 4.69) is 44.1 Å². The molecule has 7 heteroatoms. The molecule has 0 fully saturated rings. The molecule has 33 heavy (non-hydrogen) atoms. The second-order valence-electron chi connectivity index (χ2n) is 7.78. The van der Waals surface area contributed by atoms with Gasteiger partial charge in [-0.25, -0.2) is 0 Å². The van der Waals surface area contributed by atoms with Gasteiger partial charge in [0.15, 0.2) is 0 Å². The van der Waals surface area contributed by atoms with Crippen molar-refractivity contribution in [2.24, 2.45) is 0 Å². The third-order valence-electron chi connectivity index (χ3n) is 5.58. The molecule has 0 saturated carbocycles. The quantitative estimate of drug-likeness (QED) is 0.338. The Morgan fingerprint density at radius 2 is 1.70 bits per heavy atom. The van der Waals surface area contributed by atoms with Gasteiger partial charge in [-0.05, 0) is 12.1 Å². The van der Waals surface area contributed by atoms with E-state index in [1.54, 1.807) is 6.33 Å². The van der Waals surface area contributed by atoms with E-state index in [1.165, 1.54) is 16.9 Å². The number of hydrogen-bond donors (Lipinski definition) is 0. The number of anilines is 1. The average Bonchev–Trinajstić information content (AvgIpc) is 2.88. The summed E-state index contributed by atoms with van der Waals surface area (Å²) in [5.41, 5.74) is 5.80. The molecular weight excluding hydrogens is 471 g/mol. The summed E-state index contributed by atoms with van der Waals surface area (Å²) in [5, 5.41) is 1.01. The van der Waals surface area contributed by atoms with Gasteiger partial charge in [0.1, 0.15) is 0 Å². The molecule has 0 N–H and O–H groups in total. The van der Waals surface area contributed by atoms with Gasteiger partial charge in [0, 0.05) is 11.9 Å². The number of fused-ring (bicyclic) bond motifs is 1. The van der Waals surface area contributed by atoms with Gasteiger partial charge in [-0.1, -0.05) is 6.07 Å². The molecule has 1 atom stereocenters. The molecule has 1 aromatic carbocycles. The molecule has 162 valence electrons. The molecule has 4 aromatic heterocycles. The summed E-state index contributed by atoms with van der Waals surface area (Å²) in [5.74, 6) is 0.916. The number of nitrogens with zero attached hydrogens (tertiary/aromatic N) is 6. The number of likely N-dealkylation sites (N-methyl/N-ethyl adjacent to an activating group) is 1. The summed E-state index contributed by atoms with van der Waals surface area (Å²) in [6.45, 7) is 0.841. The molecule has 0 bridgehead atoms. The molecule has 0 spiro atoms. The third kappa shape index (κ3) is 4.62. The van der Waals surface area contributed by atoms with Gasteiger partial charge in [-0.15, -0.1) is 0 Å². The van der Waals surface area contributed by atoms with Crippen LogP contribution in [0.3, 0.4) is 0 Å². The summed E-state index contributed by atoms with van der Waals surface area (Å²) in [4.78, 5) is 25.0. The van der Waals surface area contributed by atoms with Crippen molar-refractivity contribution in [1.82, 2.24) is 24.9 Å². The molecule has 4 heterocycles. The van der Waals surface area contributed by atoms with Crippen LogP contribution in [0.5, 0.6) is 0 Å². The standard InChI is InChI=1S/C26H23AsN6/c1-33(14-12-20-9-5-6-13-28-20)23-11-10-19(16-29-23)22-15-21(18-7-3-2-4-8-18)24-25(27)30-17-31-26(24)32-22/h2-11,13,15-17H,12,14,27H2,1H3. The van der Waals surface area contributed by atoms with Gasteiger partial charge in [-0.2, -0.15) is 0 Å². The Hall–Kier alpha value is -3.63. The predicted molar refractivity (Wildman–Crippen MR) is 135 cm³/mol. The van der Waals surface area contributed by atoms with Gasteiger partial charge < -0.3 is 0 Å². The molecule has 0 aliphatic heterocycles. The van der Waals surface area contributed by atoms with E-state index in [9.17, 15) is 0 Å². The fourth-order valence-electron chi connectivity index (χ4n) is 3.79. The van der Waals surface area contributed by atoms with Crippen LogP contribution in [-0.4, -0.2) is 55.4 Å². The molecule has 6 nitrogen and oxygen atoms in total. The molecule has 5 rings (SSSR count). The predicted octanol–water partition coefficient (Wildman–Crippen LogP) is 3.09. The van der Waals surface area contributed by atoms with Crippen LogP contribution in [0.15, 0.2) is 85.5 Å². The Morgan fingerprint density at radius 1 is 0.848 bits per heavy atom. The van der Waals surface area contributed by atoms with Crippen molar-refractivity contribution in [2.45, 2.75) is 6.42 Å². The molecule has 1 unspecified atom stereocenters. The first-order chi connectivity index (χ1) is 16.2. The average molecular weight is 494 g/mol. The number of aromatic nitrogens is 5. The van der Waals surface area contributed by atoms with Crippen LogP contribution in [0.25, 0.3) is 33.4 Å². The Labute approximate surface area is 201 Å². The molecule has 0 aliphatic rings. The summed E-state index contributed by atoms with van der Waals surface area (Å²) < 4.78 is 0.980. The van der Waals surface area contributed by atoms with Crippen LogP contribution in [0.2, 0.25) is 0 Å². The fourth-order valence-corrected chi connectivity index (χ4v) is 4.52. The van der Waals surface area contributed by atoms with E-state index >= 15 is 0 Å². The minimum absolute atomic E-state index is 0.706. The number of hydrogen-bond acceptors (Lipinski definition) is 6. The van der Waals surface area contributed by atoms with Crippen molar-refractivity contribution in [2.75, 3.05) is 18.5 Å². The first-order valence-corrected chi connectivity index (χ1v) is 11.9. The maximum atomic E-state index is 4.84. The van der Waals surface area contributed by atoms with Crippen molar-refractivity contribution < 1.29 is 0 Å². The first kappa shape index (κ1) is 21.2. The van der Waals surface area contributed by atoms with E-state index in [-0.39, 0.29) is 0 Å². The van der Waals surface area contributed by atoms with E-state index in [4.69, 9.17) is 9.97 Å². The van der Waals surface area contributed by atoms with Crippen LogP contribution in [0.4, 0.5) is 5.82 Å². The van der Waals surface area contributed by atoms with Crippen molar-refractivity contribution in [1.29, 1.82) is 0 Å². The third-order valence-corrected chi connectivity index (χ3v) is 6.50. The van der Waals surface area contributed by atoms with Crippen molar-refractivity contribution in [3.8, 4) is 22.4 Å². The van der Waals surface area contributed by atoms with Crippen LogP contribution < -0.4 is 9.38 Å². The van der Waals surface area contributed by atoms with Crippen LogP contribution in [-0.2, 0) is 6.42 Å². The Kier molecular flexibility index (Phi) is 6.09. The molecule has 0 radical (unpaired) electrons. The van der Waals surface area contributed by atoms with Crippen LogP contribution in [0, 0.1) is 0 Å². The zero-order valence-electron chi connectivity index (χ0n) is 18.3. The maximum absolute atomic E-state index is 4.84. The van der Waals surface area contributed by atoms with E-state index in [0.717, 1.165) is 56.7 Å². The number of rotatable bonds is 6. The van der Waals surface area contributed by atoms with Gasteiger partial charge in [0.25, 0.3) is 0 Å². The topological polar surface area (TPSA) is 67.7 Å². The van der Waals surface area contributed by atoms with Crippen LogP contribution >= 0.6 is 0 Å². The SMILES string of the molecule is CN(CCc1ccccn1)c1ccc(-c2cc(-c3ccccc3)c3c([AsH2])ncnc3n2)cn1. The Morgan fingerprint density at radius 3 is 2.45 bits per heavy atom. The Bertz CT molecular complexity index is 1380. The molecule has 0 amide bonds. The van der Waals surface area contributed by atoms with Gasteiger partial charge >= 0.3 is 166 Å². The van der Waals surface area contributed by atoms with Crippen molar-refractivity contribution in [3.05, 3.63) is 91.1 Å².